The largest absolute Gasteiger partial charge is 0.488 e. The Balaban J connectivity index is 1.33. The van der Waals surface area contributed by atoms with Gasteiger partial charge < -0.3 is 19.1 Å². The molecule has 0 atom stereocenters. The van der Waals surface area contributed by atoms with Crippen molar-refractivity contribution in [3.8, 4) is 22.8 Å². The highest BCUT2D eigenvalue weighted by molar-refractivity contribution is 5.90. The van der Waals surface area contributed by atoms with Crippen LogP contribution >= 0.6 is 0 Å². The Bertz CT molecular complexity index is 1820. The molecule has 5 rings (SSSR count). The molecule has 1 aliphatic rings. The molecule has 0 radical (unpaired) electrons. The Hall–Kier alpha value is -5.13. The van der Waals surface area contributed by atoms with Gasteiger partial charge >= 0.3 is 18.2 Å². The topological polar surface area (TPSA) is 95.8 Å². The van der Waals surface area contributed by atoms with Crippen LogP contribution in [0.5, 0.6) is 5.75 Å². The first-order valence-corrected chi connectivity index (χ1v) is 15.5. The van der Waals surface area contributed by atoms with Crippen LogP contribution in [0.3, 0.4) is 0 Å². The zero-order chi connectivity index (χ0) is 34.6. The van der Waals surface area contributed by atoms with Crippen molar-refractivity contribution in [1.29, 1.82) is 0 Å². The van der Waals surface area contributed by atoms with E-state index in [9.17, 15) is 22.8 Å². The summed E-state index contributed by atoms with van der Waals surface area (Å²) >= 11 is 0. The summed E-state index contributed by atoms with van der Waals surface area (Å²) in [6.45, 7) is 10.1. The highest BCUT2D eigenvalue weighted by Crippen LogP contribution is 2.35. The van der Waals surface area contributed by atoms with Crippen molar-refractivity contribution in [2.24, 2.45) is 0 Å². The minimum Gasteiger partial charge on any atom is -0.488 e. The number of carbonyl (C=O) groups excluding carboxylic acids is 2. The summed E-state index contributed by atoms with van der Waals surface area (Å²) in [6, 6.07) is 18.1. The second-order valence-corrected chi connectivity index (χ2v) is 12.3. The Morgan fingerprint density at radius 1 is 1.00 bits per heavy atom. The van der Waals surface area contributed by atoms with E-state index in [0.717, 1.165) is 28.5 Å². The Morgan fingerprint density at radius 2 is 1.75 bits per heavy atom. The van der Waals surface area contributed by atoms with E-state index in [0.29, 0.717) is 41.2 Å². The molecule has 1 aliphatic heterocycles. The second kappa shape index (κ2) is 13.9. The molecule has 9 nitrogen and oxygen atoms in total. The zero-order valence-electron chi connectivity index (χ0n) is 27.4. The van der Waals surface area contributed by atoms with Crippen LogP contribution in [0.2, 0.25) is 0 Å². The van der Waals surface area contributed by atoms with Gasteiger partial charge in [-0.1, -0.05) is 48.0 Å². The number of aryl methyl sites for hydroxylation is 1. The lowest BCUT2D eigenvalue weighted by molar-refractivity contribution is -0.143. The molecule has 0 saturated heterocycles. The van der Waals surface area contributed by atoms with E-state index < -0.39 is 29.0 Å². The monoisotopic (exact) mass is 662 g/mol. The number of alkyl halides is 3. The highest BCUT2D eigenvalue weighted by atomic mass is 19.4. The summed E-state index contributed by atoms with van der Waals surface area (Å²) in [6.07, 6.45) is -1.63. The number of amides is 1. The first kappa shape index (κ1) is 34.2. The van der Waals surface area contributed by atoms with Gasteiger partial charge in [-0.15, -0.1) is 0 Å². The molecule has 0 spiro atoms. The molecule has 0 bridgehead atoms. The van der Waals surface area contributed by atoms with Crippen LogP contribution in [0.1, 0.15) is 66.9 Å². The van der Waals surface area contributed by atoms with Crippen molar-refractivity contribution in [3.63, 3.8) is 0 Å². The molecule has 0 unspecified atom stereocenters. The van der Waals surface area contributed by atoms with Gasteiger partial charge in [0.25, 0.3) is 0 Å². The minimum atomic E-state index is -4.89. The minimum absolute atomic E-state index is 0.0797. The van der Waals surface area contributed by atoms with E-state index in [4.69, 9.17) is 14.2 Å². The lowest BCUT2D eigenvalue weighted by Crippen LogP contribution is -2.39. The van der Waals surface area contributed by atoms with Crippen LogP contribution in [-0.2, 0) is 22.3 Å². The summed E-state index contributed by atoms with van der Waals surface area (Å²) in [5.41, 5.74) is 2.47. The van der Waals surface area contributed by atoms with E-state index in [-0.39, 0.29) is 25.1 Å². The van der Waals surface area contributed by atoms with Gasteiger partial charge in [0, 0.05) is 18.7 Å². The predicted molar refractivity (Wildman–Crippen MR) is 174 cm³/mol. The van der Waals surface area contributed by atoms with Crippen LogP contribution in [0.25, 0.3) is 22.6 Å². The summed E-state index contributed by atoms with van der Waals surface area (Å²) in [7, 11) is 0. The normalized spacial score (nSPS) is 13.6. The number of ether oxygens (including phenoxy) is 3. The quantitative estimate of drug-likeness (QED) is 0.176. The second-order valence-electron chi connectivity index (χ2n) is 12.3. The number of benzene rings is 2. The number of halogens is 3. The number of rotatable bonds is 8. The molecule has 0 saturated carbocycles. The van der Waals surface area contributed by atoms with Gasteiger partial charge in [0.15, 0.2) is 11.5 Å². The van der Waals surface area contributed by atoms with Gasteiger partial charge in [-0.2, -0.15) is 18.3 Å². The standard InChI is InChI=1S/C36H37F3N4O5/c1-6-46-33(44)28-21-40-43(32(28)36(37,38)39)31-9-7-8-29(41-31)27-20-23(2)10-15-30(27)47-22-24-11-13-25(14-12-24)26-16-18-42(19-17-26)34(45)48-35(3,4)5/h7-16,20-21H,6,17-19,22H2,1-5H3. The van der Waals surface area contributed by atoms with Crippen LogP contribution in [0.15, 0.2) is 72.9 Å². The van der Waals surface area contributed by atoms with Crippen LogP contribution in [0.4, 0.5) is 18.0 Å². The summed E-state index contributed by atoms with van der Waals surface area (Å²) in [5.74, 6) is -0.741. The smallest absolute Gasteiger partial charge is 0.434 e. The third-order valence-corrected chi connectivity index (χ3v) is 7.48. The molecule has 0 fully saturated rings. The first-order chi connectivity index (χ1) is 22.7. The lowest BCUT2D eigenvalue weighted by Gasteiger charge is -2.29. The Morgan fingerprint density at radius 3 is 2.40 bits per heavy atom. The number of hydrogen-bond acceptors (Lipinski definition) is 7. The van der Waals surface area contributed by atoms with Crippen molar-refractivity contribution in [2.45, 2.75) is 59.4 Å². The predicted octanol–water partition coefficient (Wildman–Crippen LogP) is 8.04. The molecule has 48 heavy (non-hydrogen) atoms. The van der Waals surface area contributed by atoms with Crippen LogP contribution < -0.4 is 4.74 Å². The fourth-order valence-corrected chi connectivity index (χ4v) is 5.21. The molecule has 1 amide bonds. The van der Waals surface area contributed by atoms with Gasteiger partial charge in [0.2, 0.25) is 0 Å². The van der Waals surface area contributed by atoms with Crippen molar-refractivity contribution >= 4 is 17.6 Å². The van der Waals surface area contributed by atoms with Crippen molar-refractivity contribution in [3.05, 3.63) is 101 Å². The SMILES string of the molecule is CCOC(=O)c1cnn(-c2cccc(-c3cc(C)ccc3OCc3ccc(C4=CCN(C(=O)OC(C)(C)C)CC4)cc3)n2)c1C(F)(F)F. The molecular weight excluding hydrogens is 625 g/mol. The number of aromatic nitrogens is 3. The maximum Gasteiger partial charge on any atom is 0.434 e. The molecular formula is C36H37F3N4O5. The average molecular weight is 663 g/mol. The van der Waals surface area contributed by atoms with Gasteiger partial charge in [-0.05, 0) is 82.0 Å². The zero-order valence-corrected chi connectivity index (χ0v) is 27.4. The van der Waals surface area contributed by atoms with E-state index in [2.05, 4.69) is 10.1 Å². The number of esters is 1. The Kier molecular flexibility index (Phi) is 9.92. The summed E-state index contributed by atoms with van der Waals surface area (Å²) in [4.78, 5) is 30.8. The van der Waals surface area contributed by atoms with Gasteiger partial charge in [-0.3, -0.25) is 0 Å². The van der Waals surface area contributed by atoms with E-state index >= 15 is 0 Å². The van der Waals surface area contributed by atoms with Gasteiger partial charge in [0.1, 0.15) is 23.5 Å². The molecule has 2 aromatic heterocycles. The average Bonchev–Trinajstić information content (AvgIpc) is 3.51. The number of pyridine rings is 1. The third kappa shape index (κ3) is 8.04. The maximum atomic E-state index is 14.1. The molecule has 0 N–H and O–H groups in total. The Labute approximate surface area is 276 Å². The van der Waals surface area contributed by atoms with Crippen molar-refractivity contribution in [2.75, 3.05) is 19.7 Å². The summed E-state index contributed by atoms with van der Waals surface area (Å²) < 4.78 is 59.5. The molecule has 0 aliphatic carbocycles. The number of nitrogens with zero attached hydrogens (tertiary/aromatic N) is 4. The molecule has 12 heteroatoms. The molecule has 3 heterocycles. The number of carbonyl (C=O) groups is 2. The van der Waals surface area contributed by atoms with Gasteiger partial charge in [-0.25, -0.2) is 19.3 Å². The van der Waals surface area contributed by atoms with Crippen molar-refractivity contribution in [1.82, 2.24) is 19.7 Å². The fraction of sp³-hybridized carbons (Fsp3) is 0.333. The van der Waals surface area contributed by atoms with Gasteiger partial charge in [0.05, 0.1) is 18.5 Å². The fourth-order valence-electron chi connectivity index (χ4n) is 5.21. The lowest BCUT2D eigenvalue weighted by atomic mass is 9.98. The maximum absolute atomic E-state index is 14.1. The van der Waals surface area contributed by atoms with Crippen molar-refractivity contribution < 1.29 is 37.0 Å². The molecule has 4 aromatic rings. The van der Waals surface area contributed by atoms with E-state index in [1.807, 2.05) is 70.2 Å². The highest BCUT2D eigenvalue weighted by Gasteiger charge is 2.41. The third-order valence-electron chi connectivity index (χ3n) is 7.48. The number of hydrogen-bond donors (Lipinski definition) is 0. The van der Waals surface area contributed by atoms with E-state index in [1.165, 1.54) is 13.0 Å². The van der Waals surface area contributed by atoms with Crippen LogP contribution in [-0.4, -0.2) is 57.0 Å². The van der Waals surface area contributed by atoms with Crippen LogP contribution in [0, 0.1) is 6.92 Å². The molecule has 2 aromatic carbocycles. The summed E-state index contributed by atoms with van der Waals surface area (Å²) in [5, 5.41) is 3.85. The van der Waals surface area contributed by atoms with E-state index in [1.54, 1.807) is 23.1 Å². The first-order valence-electron chi connectivity index (χ1n) is 15.5. The molecule has 252 valence electrons.